The Morgan fingerprint density at radius 1 is 1.16 bits per heavy atom. The number of anilines is 2. The minimum Gasteiger partial charge on any atom is -0.451 e. The summed E-state index contributed by atoms with van der Waals surface area (Å²) in [7, 11) is 0. The molecule has 1 aliphatic rings. The van der Waals surface area contributed by atoms with Crippen LogP contribution in [-0.2, 0) is 4.79 Å². The van der Waals surface area contributed by atoms with E-state index in [-0.39, 0.29) is 17.6 Å². The summed E-state index contributed by atoms with van der Waals surface area (Å²) in [5.41, 5.74) is 3.19. The Labute approximate surface area is 145 Å². The number of carbonyl (C=O) groups excluding carboxylic acids is 2. The van der Waals surface area contributed by atoms with Crippen molar-refractivity contribution in [3.8, 4) is 0 Å². The molecule has 2 amide bonds. The summed E-state index contributed by atoms with van der Waals surface area (Å²) >= 11 is 0. The zero-order valence-electron chi connectivity index (χ0n) is 13.9. The molecule has 0 radical (unpaired) electrons. The third-order valence-corrected chi connectivity index (χ3v) is 4.48. The molecule has 126 valence electrons. The topological polar surface area (TPSA) is 62.6 Å². The maximum absolute atomic E-state index is 12.5. The van der Waals surface area contributed by atoms with Crippen molar-refractivity contribution in [3.05, 3.63) is 59.9 Å². The first-order valence-electron chi connectivity index (χ1n) is 8.33. The molecule has 2 aromatic carbocycles. The first kappa shape index (κ1) is 15.4. The second-order valence-electron chi connectivity index (χ2n) is 6.25. The van der Waals surface area contributed by atoms with E-state index in [0.29, 0.717) is 17.7 Å². The molecule has 1 aromatic heterocycles. The van der Waals surface area contributed by atoms with E-state index in [2.05, 4.69) is 5.32 Å². The van der Waals surface area contributed by atoms with Gasteiger partial charge >= 0.3 is 0 Å². The van der Waals surface area contributed by atoms with Gasteiger partial charge in [0.2, 0.25) is 5.91 Å². The molecule has 0 aliphatic carbocycles. The van der Waals surface area contributed by atoms with Crippen LogP contribution in [0.1, 0.15) is 29.0 Å². The van der Waals surface area contributed by atoms with Crippen LogP contribution in [0.5, 0.6) is 0 Å². The lowest BCUT2D eigenvalue weighted by atomic mass is 10.1. The molecular weight excluding hydrogens is 316 g/mol. The molecule has 4 rings (SSSR count). The monoisotopic (exact) mass is 334 g/mol. The number of nitrogens with zero attached hydrogens (tertiary/aromatic N) is 1. The lowest BCUT2D eigenvalue weighted by molar-refractivity contribution is -0.117. The molecule has 1 fully saturated rings. The van der Waals surface area contributed by atoms with Gasteiger partial charge in [-0.2, -0.15) is 0 Å². The fourth-order valence-corrected chi connectivity index (χ4v) is 3.17. The van der Waals surface area contributed by atoms with Crippen molar-refractivity contribution >= 4 is 34.2 Å². The zero-order valence-corrected chi connectivity index (χ0v) is 13.9. The summed E-state index contributed by atoms with van der Waals surface area (Å²) in [6, 6.07) is 14.8. The molecule has 1 aliphatic heterocycles. The molecule has 0 atom stereocenters. The van der Waals surface area contributed by atoms with Crippen molar-refractivity contribution < 1.29 is 14.0 Å². The van der Waals surface area contributed by atoms with Crippen molar-refractivity contribution in [3.63, 3.8) is 0 Å². The molecule has 0 saturated carbocycles. The van der Waals surface area contributed by atoms with Gasteiger partial charge in [-0.1, -0.05) is 24.3 Å². The van der Waals surface area contributed by atoms with Crippen LogP contribution in [0.4, 0.5) is 11.4 Å². The van der Waals surface area contributed by atoms with Gasteiger partial charge in [0.1, 0.15) is 5.58 Å². The minimum atomic E-state index is -0.307. The van der Waals surface area contributed by atoms with Crippen LogP contribution >= 0.6 is 0 Å². The van der Waals surface area contributed by atoms with E-state index in [1.165, 1.54) is 0 Å². The summed E-state index contributed by atoms with van der Waals surface area (Å²) in [5, 5.41) is 3.74. The summed E-state index contributed by atoms with van der Waals surface area (Å²) in [5.74, 6) is 0.0863. The Morgan fingerprint density at radius 2 is 2.00 bits per heavy atom. The van der Waals surface area contributed by atoms with Gasteiger partial charge in [-0.3, -0.25) is 9.59 Å². The second kappa shape index (κ2) is 6.09. The van der Waals surface area contributed by atoms with E-state index < -0.39 is 0 Å². The highest BCUT2D eigenvalue weighted by molar-refractivity contribution is 6.05. The van der Waals surface area contributed by atoms with Crippen LogP contribution < -0.4 is 10.2 Å². The lowest BCUT2D eigenvalue weighted by Gasteiger charge is -2.19. The number of nitrogens with one attached hydrogen (secondary N) is 1. The van der Waals surface area contributed by atoms with Crippen molar-refractivity contribution in [2.24, 2.45) is 0 Å². The van der Waals surface area contributed by atoms with E-state index >= 15 is 0 Å². The minimum absolute atomic E-state index is 0.129. The highest BCUT2D eigenvalue weighted by Gasteiger charge is 2.23. The number of rotatable bonds is 3. The van der Waals surface area contributed by atoms with Crippen molar-refractivity contribution in [1.82, 2.24) is 0 Å². The molecule has 0 spiro atoms. The highest BCUT2D eigenvalue weighted by Crippen LogP contribution is 2.28. The molecule has 1 N–H and O–H groups in total. The fraction of sp³-hybridized carbons (Fsp3) is 0.200. The molecule has 0 unspecified atom stereocenters. The predicted octanol–water partition coefficient (Wildman–Crippen LogP) is 4.12. The Morgan fingerprint density at radius 3 is 2.76 bits per heavy atom. The Hall–Kier alpha value is -3.08. The highest BCUT2D eigenvalue weighted by atomic mass is 16.3. The predicted molar refractivity (Wildman–Crippen MR) is 96.9 cm³/mol. The standard InChI is InChI=1S/C20H18N2O3/c1-13-8-9-15(12-16(13)22-10-4-7-19(22)23)21-20(24)18-11-14-5-2-3-6-17(14)25-18/h2-3,5-6,8-9,11-12H,4,7,10H2,1H3,(H,21,24). The van der Waals surface area contributed by atoms with Crippen LogP contribution in [-0.4, -0.2) is 18.4 Å². The number of amides is 2. The number of aryl methyl sites for hydroxylation is 1. The third kappa shape index (κ3) is 2.89. The maximum Gasteiger partial charge on any atom is 0.291 e. The Bertz CT molecular complexity index is 941. The van der Waals surface area contributed by atoms with Crippen molar-refractivity contribution in [2.75, 3.05) is 16.8 Å². The largest absolute Gasteiger partial charge is 0.451 e. The maximum atomic E-state index is 12.5. The Kier molecular flexibility index (Phi) is 3.76. The summed E-state index contributed by atoms with van der Waals surface area (Å²) in [6.45, 7) is 2.69. The van der Waals surface area contributed by atoms with E-state index in [0.717, 1.165) is 29.6 Å². The number of carbonyl (C=O) groups is 2. The van der Waals surface area contributed by atoms with Gasteiger partial charge in [0, 0.05) is 29.7 Å². The van der Waals surface area contributed by atoms with Crippen LogP contribution in [0, 0.1) is 6.92 Å². The number of hydrogen-bond acceptors (Lipinski definition) is 3. The SMILES string of the molecule is Cc1ccc(NC(=O)c2cc3ccccc3o2)cc1N1CCCC1=O. The van der Waals surface area contributed by atoms with Gasteiger partial charge in [0.05, 0.1) is 0 Å². The van der Waals surface area contributed by atoms with E-state index in [1.54, 1.807) is 11.0 Å². The molecule has 3 aromatic rings. The van der Waals surface area contributed by atoms with Crippen LogP contribution in [0.3, 0.4) is 0 Å². The summed E-state index contributed by atoms with van der Waals surface area (Å²) in [6.07, 6.45) is 1.45. The number of hydrogen-bond donors (Lipinski definition) is 1. The molecular formula is C20H18N2O3. The molecule has 1 saturated heterocycles. The smallest absolute Gasteiger partial charge is 0.291 e. The molecule has 5 nitrogen and oxygen atoms in total. The second-order valence-corrected chi connectivity index (χ2v) is 6.25. The zero-order chi connectivity index (χ0) is 17.4. The Balaban J connectivity index is 1.59. The van der Waals surface area contributed by atoms with Gasteiger partial charge in [-0.15, -0.1) is 0 Å². The quantitative estimate of drug-likeness (QED) is 0.783. The van der Waals surface area contributed by atoms with Gasteiger partial charge in [0.15, 0.2) is 5.76 Å². The van der Waals surface area contributed by atoms with Crippen molar-refractivity contribution in [1.29, 1.82) is 0 Å². The molecule has 0 bridgehead atoms. The normalized spacial score (nSPS) is 14.3. The lowest BCUT2D eigenvalue weighted by Crippen LogP contribution is -2.24. The number of para-hydroxylation sites is 1. The molecule has 5 heteroatoms. The fourth-order valence-electron chi connectivity index (χ4n) is 3.17. The van der Waals surface area contributed by atoms with Crippen LogP contribution in [0.15, 0.2) is 52.9 Å². The number of fused-ring (bicyclic) bond motifs is 1. The molecule has 2 heterocycles. The first-order chi connectivity index (χ1) is 12.1. The third-order valence-electron chi connectivity index (χ3n) is 4.48. The van der Waals surface area contributed by atoms with Gasteiger partial charge < -0.3 is 14.6 Å². The van der Waals surface area contributed by atoms with E-state index in [4.69, 9.17) is 4.42 Å². The van der Waals surface area contributed by atoms with Gasteiger partial charge in [-0.25, -0.2) is 0 Å². The van der Waals surface area contributed by atoms with Gasteiger partial charge in [-0.05, 0) is 43.2 Å². The summed E-state index contributed by atoms with van der Waals surface area (Å²) < 4.78 is 5.60. The first-order valence-corrected chi connectivity index (χ1v) is 8.33. The van der Waals surface area contributed by atoms with E-state index in [1.807, 2.05) is 49.4 Å². The van der Waals surface area contributed by atoms with Crippen molar-refractivity contribution in [2.45, 2.75) is 19.8 Å². The van der Waals surface area contributed by atoms with Crippen LogP contribution in [0.2, 0.25) is 0 Å². The molecule has 25 heavy (non-hydrogen) atoms. The van der Waals surface area contributed by atoms with Crippen LogP contribution in [0.25, 0.3) is 11.0 Å². The number of benzene rings is 2. The number of furan rings is 1. The summed E-state index contributed by atoms with van der Waals surface area (Å²) in [4.78, 5) is 26.3. The average Bonchev–Trinajstić information content (AvgIpc) is 3.22. The van der Waals surface area contributed by atoms with E-state index in [9.17, 15) is 9.59 Å². The van der Waals surface area contributed by atoms with Gasteiger partial charge in [0.25, 0.3) is 5.91 Å². The average molecular weight is 334 g/mol.